The van der Waals surface area contributed by atoms with Crippen molar-refractivity contribution in [2.45, 2.75) is 37.8 Å². The average Bonchev–Trinajstić information content (AvgIpc) is 2.68. The topological polar surface area (TPSA) is 70.6 Å². The molecule has 2 rings (SSSR count). The number of nitrogens with one attached hydrogen (secondary N) is 2. The SMILES string of the molecule is CCC1OCCC1CNC1(CC(=O)O)CNC1. The zero-order valence-electron chi connectivity index (χ0n) is 10.4. The third kappa shape index (κ3) is 2.97. The molecule has 2 atom stereocenters. The largest absolute Gasteiger partial charge is 0.481 e. The highest BCUT2D eigenvalue weighted by Crippen LogP contribution is 2.24. The monoisotopic (exact) mass is 242 g/mol. The number of carboxylic acid groups (broad SMARTS) is 1. The number of hydrogen-bond donors (Lipinski definition) is 3. The molecule has 17 heavy (non-hydrogen) atoms. The van der Waals surface area contributed by atoms with Crippen LogP contribution in [0, 0.1) is 5.92 Å². The predicted molar refractivity (Wildman–Crippen MR) is 64.0 cm³/mol. The standard InChI is InChI=1S/C12H22N2O3/c1-2-10-9(3-4-17-10)6-14-12(5-11(15)16)7-13-8-12/h9-10,13-14H,2-8H2,1H3,(H,15,16). The molecule has 0 aromatic carbocycles. The molecule has 0 aromatic heterocycles. The molecule has 5 heteroatoms. The van der Waals surface area contributed by atoms with Crippen LogP contribution in [0.4, 0.5) is 0 Å². The Morgan fingerprint density at radius 2 is 2.35 bits per heavy atom. The molecule has 0 radical (unpaired) electrons. The molecule has 3 N–H and O–H groups in total. The number of aliphatic carboxylic acids is 1. The first-order valence-corrected chi connectivity index (χ1v) is 6.44. The summed E-state index contributed by atoms with van der Waals surface area (Å²) in [6, 6.07) is 0. The maximum Gasteiger partial charge on any atom is 0.305 e. The third-order valence-electron chi connectivity index (χ3n) is 3.90. The molecule has 2 unspecified atom stereocenters. The van der Waals surface area contributed by atoms with Crippen LogP contribution in [0.3, 0.4) is 0 Å². The van der Waals surface area contributed by atoms with Crippen molar-refractivity contribution in [1.82, 2.24) is 10.6 Å². The van der Waals surface area contributed by atoms with Crippen LogP contribution in [0.5, 0.6) is 0 Å². The highest BCUT2D eigenvalue weighted by molar-refractivity contribution is 5.68. The zero-order valence-corrected chi connectivity index (χ0v) is 10.4. The van der Waals surface area contributed by atoms with Crippen molar-refractivity contribution in [1.29, 1.82) is 0 Å². The molecule has 2 aliphatic rings. The Bertz CT molecular complexity index is 279. The van der Waals surface area contributed by atoms with Crippen molar-refractivity contribution in [2.24, 2.45) is 5.92 Å². The maximum atomic E-state index is 10.8. The fraction of sp³-hybridized carbons (Fsp3) is 0.917. The van der Waals surface area contributed by atoms with Gasteiger partial charge < -0.3 is 20.5 Å². The van der Waals surface area contributed by atoms with E-state index in [2.05, 4.69) is 17.6 Å². The molecule has 5 nitrogen and oxygen atoms in total. The molecule has 0 saturated carbocycles. The maximum absolute atomic E-state index is 10.8. The second-order valence-electron chi connectivity index (χ2n) is 5.20. The van der Waals surface area contributed by atoms with Gasteiger partial charge in [-0.05, 0) is 18.8 Å². The van der Waals surface area contributed by atoms with Crippen LogP contribution in [0.25, 0.3) is 0 Å². The fourth-order valence-corrected chi connectivity index (χ4v) is 2.75. The molecule has 0 spiro atoms. The number of carbonyl (C=O) groups is 1. The third-order valence-corrected chi connectivity index (χ3v) is 3.90. The summed E-state index contributed by atoms with van der Waals surface area (Å²) in [6.07, 6.45) is 2.67. The van der Waals surface area contributed by atoms with Crippen molar-refractivity contribution in [3.63, 3.8) is 0 Å². The number of carboxylic acids is 1. The second kappa shape index (κ2) is 5.33. The molecule has 0 aromatic rings. The lowest BCUT2D eigenvalue weighted by molar-refractivity contribution is -0.139. The van der Waals surface area contributed by atoms with E-state index in [9.17, 15) is 4.79 Å². The Kier molecular flexibility index (Phi) is 4.01. The highest BCUT2D eigenvalue weighted by Gasteiger charge is 2.40. The van der Waals surface area contributed by atoms with Crippen molar-refractivity contribution in [3.05, 3.63) is 0 Å². The van der Waals surface area contributed by atoms with Crippen LogP contribution in [0.15, 0.2) is 0 Å². The average molecular weight is 242 g/mol. The summed E-state index contributed by atoms with van der Waals surface area (Å²) in [6.45, 7) is 5.36. The first kappa shape index (κ1) is 12.8. The summed E-state index contributed by atoms with van der Waals surface area (Å²) in [7, 11) is 0. The van der Waals surface area contributed by atoms with Gasteiger partial charge in [0.1, 0.15) is 0 Å². The summed E-state index contributed by atoms with van der Waals surface area (Å²) in [5, 5.41) is 15.5. The van der Waals surface area contributed by atoms with Gasteiger partial charge >= 0.3 is 5.97 Å². The van der Waals surface area contributed by atoms with Gasteiger partial charge in [0.15, 0.2) is 0 Å². The van der Waals surface area contributed by atoms with E-state index in [0.717, 1.165) is 39.1 Å². The van der Waals surface area contributed by atoms with Gasteiger partial charge in [0.05, 0.1) is 18.1 Å². The van der Waals surface area contributed by atoms with Crippen molar-refractivity contribution in [2.75, 3.05) is 26.2 Å². The number of rotatable bonds is 6. The number of ether oxygens (including phenoxy) is 1. The Balaban J connectivity index is 1.81. The van der Waals surface area contributed by atoms with Gasteiger partial charge in [-0.15, -0.1) is 0 Å². The number of hydrogen-bond acceptors (Lipinski definition) is 4. The normalized spacial score (nSPS) is 31.1. The summed E-state index contributed by atoms with van der Waals surface area (Å²) >= 11 is 0. The molecule has 2 saturated heterocycles. The van der Waals surface area contributed by atoms with E-state index in [4.69, 9.17) is 9.84 Å². The quantitative estimate of drug-likeness (QED) is 0.621. The molecule has 98 valence electrons. The summed E-state index contributed by atoms with van der Waals surface area (Å²) in [5.74, 6) is -0.194. The zero-order chi connectivity index (χ0) is 12.3. The van der Waals surface area contributed by atoms with Gasteiger partial charge in [-0.25, -0.2) is 0 Å². The minimum Gasteiger partial charge on any atom is -0.481 e. The lowest BCUT2D eigenvalue weighted by Gasteiger charge is -2.43. The fourth-order valence-electron chi connectivity index (χ4n) is 2.75. The Labute approximate surface area is 102 Å². The van der Waals surface area contributed by atoms with Crippen LogP contribution >= 0.6 is 0 Å². The first-order chi connectivity index (χ1) is 8.15. The predicted octanol–water partition coefficient (Wildman–Crippen LogP) is 0.208. The van der Waals surface area contributed by atoms with E-state index in [0.29, 0.717) is 12.0 Å². The van der Waals surface area contributed by atoms with E-state index in [1.807, 2.05) is 0 Å². The molecule has 2 aliphatic heterocycles. The highest BCUT2D eigenvalue weighted by atomic mass is 16.5. The molecule has 0 amide bonds. The van der Waals surface area contributed by atoms with Crippen LogP contribution < -0.4 is 10.6 Å². The molecule has 2 fully saturated rings. The Morgan fingerprint density at radius 1 is 1.59 bits per heavy atom. The lowest BCUT2D eigenvalue weighted by Crippen LogP contribution is -2.69. The molecular weight excluding hydrogens is 220 g/mol. The van der Waals surface area contributed by atoms with Crippen molar-refractivity contribution < 1.29 is 14.6 Å². The molecule has 0 aliphatic carbocycles. The Hall–Kier alpha value is -0.650. The molecule has 2 heterocycles. The van der Waals surface area contributed by atoms with E-state index in [1.165, 1.54) is 0 Å². The van der Waals surface area contributed by atoms with Crippen molar-refractivity contribution in [3.8, 4) is 0 Å². The van der Waals surface area contributed by atoms with Gasteiger partial charge in [0.25, 0.3) is 0 Å². The summed E-state index contributed by atoms with van der Waals surface area (Å²) in [5.41, 5.74) is -0.229. The first-order valence-electron chi connectivity index (χ1n) is 6.44. The van der Waals surface area contributed by atoms with E-state index >= 15 is 0 Å². The van der Waals surface area contributed by atoms with Gasteiger partial charge in [-0.1, -0.05) is 6.92 Å². The van der Waals surface area contributed by atoms with Crippen LogP contribution in [-0.2, 0) is 9.53 Å². The van der Waals surface area contributed by atoms with E-state index in [1.54, 1.807) is 0 Å². The van der Waals surface area contributed by atoms with E-state index < -0.39 is 5.97 Å². The minimum atomic E-state index is -0.728. The van der Waals surface area contributed by atoms with Gasteiger partial charge in [-0.3, -0.25) is 4.79 Å². The smallest absolute Gasteiger partial charge is 0.305 e. The Morgan fingerprint density at radius 3 is 2.88 bits per heavy atom. The summed E-state index contributed by atoms with van der Waals surface area (Å²) < 4.78 is 5.64. The van der Waals surface area contributed by atoms with Crippen LogP contribution in [-0.4, -0.2) is 49.0 Å². The lowest BCUT2D eigenvalue weighted by atomic mass is 9.87. The second-order valence-corrected chi connectivity index (χ2v) is 5.20. The van der Waals surface area contributed by atoms with Gasteiger partial charge in [-0.2, -0.15) is 0 Å². The summed E-state index contributed by atoms with van der Waals surface area (Å²) in [4.78, 5) is 10.8. The van der Waals surface area contributed by atoms with Gasteiger partial charge in [0, 0.05) is 26.2 Å². The van der Waals surface area contributed by atoms with E-state index in [-0.39, 0.29) is 12.0 Å². The van der Waals surface area contributed by atoms with Crippen LogP contribution in [0.1, 0.15) is 26.2 Å². The van der Waals surface area contributed by atoms with Gasteiger partial charge in [0.2, 0.25) is 0 Å². The molecule has 0 bridgehead atoms. The van der Waals surface area contributed by atoms with Crippen LogP contribution in [0.2, 0.25) is 0 Å². The van der Waals surface area contributed by atoms with Crippen molar-refractivity contribution >= 4 is 5.97 Å². The minimum absolute atomic E-state index is 0.199. The molecular formula is C12H22N2O3.